The van der Waals surface area contributed by atoms with Crippen LogP contribution in [0.15, 0.2) is 24.3 Å². The molecule has 0 bridgehead atoms. The van der Waals surface area contributed by atoms with E-state index in [0.717, 1.165) is 30.8 Å². The Balaban J connectivity index is 1.81. The Hall–Kier alpha value is -2.01. The highest BCUT2D eigenvalue weighted by molar-refractivity contribution is 5.37. The Bertz CT molecular complexity index is 587. The SMILES string of the molecule is Cc1cc(C)n(CCCNC(C)c2cc(O)cc(O)c2)n1. The maximum atomic E-state index is 9.50. The molecule has 0 saturated carbocycles. The highest BCUT2D eigenvalue weighted by atomic mass is 16.3. The number of phenols is 2. The minimum atomic E-state index is 0.0726. The maximum absolute atomic E-state index is 9.50. The summed E-state index contributed by atoms with van der Waals surface area (Å²) in [7, 11) is 0. The number of aromatic nitrogens is 2. The number of hydrogen-bond acceptors (Lipinski definition) is 4. The van der Waals surface area contributed by atoms with Crippen LogP contribution in [0.25, 0.3) is 0 Å². The van der Waals surface area contributed by atoms with Crippen LogP contribution in [0.3, 0.4) is 0 Å². The third-order valence-electron chi connectivity index (χ3n) is 3.53. The van der Waals surface area contributed by atoms with Crippen LogP contribution in [0.1, 0.15) is 36.3 Å². The van der Waals surface area contributed by atoms with Crippen molar-refractivity contribution in [1.29, 1.82) is 0 Å². The van der Waals surface area contributed by atoms with E-state index in [0.29, 0.717) is 0 Å². The fourth-order valence-corrected chi connectivity index (χ4v) is 2.43. The van der Waals surface area contributed by atoms with Gasteiger partial charge in [0.2, 0.25) is 0 Å². The number of aryl methyl sites for hydroxylation is 3. The minimum absolute atomic E-state index is 0.0726. The molecule has 21 heavy (non-hydrogen) atoms. The van der Waals surface area contributed by atoms with Crippen molar-refractivity contribution in [3.8, 4) is 11.5 Å². The van der Waals surface area contributed by atoms with E-state index in [4.69, 9.17) is 0 Å². The Labute approximate surface area is 125 Å². The second-order valence-corrected chi connectivity index (χ2v) is 5.46. The topological polar surface area (TPSA) is 70.3 Å². The van der Waals surface area contributed by atoms with E-state index < -0.39 is 0 Å². The maximum Gasteiger partial charge on any atom is 0.119 e. The molecule has 0 aliphatic heterocycles. The molecule has 1 aromatic heterocycles. The lowest BCUT2D eigenvalue weighted by atomic mass is 10.1. The summed E-state index contributed by atoms with van der Waals surface area (Å²) >= 11 is 0. The van der Waals surface area contributed by atoms with E-state index >= 15 is 0 Å². The number of benzene rings is 1. The Morgan fingerprint density at radius 2 is 1.81 bits per heavy atom. The second-order valence-electron chi connectivity index (χ2n) is 5.46. The number of rotatable bonds is 6. The summed E-state index contributed by atoms with van der Waals surface area (Å²) in [5.74, 6) is 0.169. The highest BCUT2D eigenvalue weighted by Crippen LogP contribution is 2.24. The molecule has 1 heterocycles. The van der Waals surface area contributed by atoms with Gasteiger partial charge in [0.25, 0.3) is 0 Å². The first-order chi connectivity index (χ1) is 9.95. The zero-order valence-corrected chi connectivity index (χ0v) is 12.8. The number of hydrogen-bond donors (Lipinski definition) is 3. The molecule has 0 fully saturated rings. The first-order valence-electron chi connectivity index (χ1n) is 7.23. The van der Waals surface area contributed by atoms with Crippen LogP contribution >= 0.6 is 0 Å². The molecule has 0 amide bonds. The molecule has 5 nitrogen and oxygen atoms in total. The molecular weight excluding hydrogens is 266 g/mol. The fourth-order valence-electron chi connectivity index (χ4n) is 2.43. The minimum Gasteiger partial charge on any atom is -0.508 e. The predicted octanol–water partition coefficient (Wildman–Crippen LogP) is 2.65. The summed E-state index contributed by atoms with van der Waals surface area (Å²) in [5.41, 5.74) is 3.10. The van der Waals surface area contributed by atoms with Crippen molar-refractivity contribution >= 4 is 0 Å². The third kappa shape index (κ3) is 4.23. The van der Waals surface area contributed by atoms with Crippen molar-refractivity contribution in [3.05, 3.63) is 41.2 Å². The summed E-state index contributed by atoms with van der Waals surface area (Å²) in [6.07, 6.45) is 0.969. The zero-order valence-electron chi connectivity index (χ0n) is 12.8. The molecule has 114 valence electrons. The van der Waals surface area contributed by atoms with Crippen LogP contribution in [0.5, 0.6) is 11.5 Å². The smallest absolute Gasteiger partial charge is 0.119 e. The molecule has 0 radical (unpaired) electrons. The summed E-state index contributed by atoms with van der Waals surface area (Å²) < 4.78 is 2.02. The molecule has 1 aromatic carbocycles. The van der Waals surface area contributed by atoms with Crippen molar-refractivity contribution in [2.45, 2.75) is 39.8 Å². The van der Waals surface area contributed by atoms with Gasteiger partial charge in [0.05, 0.1) is 5.69 Å². The summed E-state index contributed by atoms with van der Waals surface area (Å²) in [6, 6.07) is 6.81. The van der Waals surface area contributed by atoms with Crippen molar-refractivity contribution < 1.29 is 10.2 Å². The van der Waals surface area contributed by atoms with Crippen molar-refractivity contribution in [1.82, 2.24) is 15.1 Å². The highest BCUT2D eigenvalue weighted by Gasteiger charge is 2.07. The van der Waals surface area contributed by atoms with Crippen LogP contribution < -0.4 is 5.32 Å². The standard InChI is InChI=1S/C16H23N3O2/c1-11-7-12(2)19(18-11)6-4-5-17-13(3)14-8-15(20)10-16(21)9-14/h7-10,13,17,20-21H,4-6H2,1-3H3. The molecule has 0 saturated heterocycles. The molecule has 2 aromatic rings. The predicted molar refractivity (Wildman–Crippen MR) is 82.5 cm³/mol. The molecule has 5 heteroatoms. The molecule has 1 unspecified atom stereocenters. The summed E-state index contributed by atoms with van der Waals surface area (Å²) in [5, 5.41) is 26.8. The molecule has 0 aliphatic carbocycles. The van der Waals surface area contributed by atoms with E-state index in [2.05, 4.69) is 23.4 Å². The van der Waals surface area contributed by atoms with Gasteiger partial charge in [0.1, 0.15) is 11.5 Å². The number of nitrogens with zero attached hydrogens (tertiary/aromatic N) is 2. The van der Waals surface area contributed by atoms with Crippen LogP contribution in [0.2, 0.25) is 0 Å². The molecular formula is C16H23N3O2. The van der Waals surface area contributed by atoms with Crippen LogP contribution in [-0.2, 0) is 6.54 Å². The van der Waals surface area contributed by atoms with Crippen molar-refractivity contribution in [3.63, 3.8) is 0 Å². The Morgan fingerprint density at radius 1 is 1.14 bits per heavy atom. The zero-order chi connectivity index (χ0) is 15.4. The first-order valence-corrected chi connectivity index (χ1v) is 7.23. The van der Waals surface area contributed by atoms with Gasteiger partial charge < -0.3 is 15.5 Å². The van der Waals surface area contributed by atoms with Gasteiger partial charge in [-0.15, -0.1) is 0 Å². The lowest BCUT2D eigenvalue weighted by Crippen LogP contribution is -2.21. The number of aromatic hydroxyl groups is 2. The Kier molecular flexibility index (Phi) is 4.85. The third-order valence-corrected chi connectivity index (χ3v) is 3.53. The van der Waals surface area contributed by atoms with Gasteiger partial charge in [-0.2, -0.15) is 5.10 Å². The van der Waals surface area contributed by atoms with E-state index in [1.807, 2.05) is 18.5 Å². The Morgan fingerprint density at radius 3 is 2.38 bits per heavy atom. The van der Waals surface area contributed by atoms with Gasteiger partial charge in [-0.05, 0) is 57.5 Å². The average molecular weight is 289 g/mol. The van der Waals surface area contributed by atoms with Crippen molar-refractivity contribution in [2.24, 2.45) is 0 Å². The molecule has 0 spiro atoms. The quantitative estimate of drug-likeness (QED) is 0.715. The van der Waals surface area contributed by atoms with Gasteiger partial charge in [-0.1, -0.05) is 0 Å². The van der Waals surface area contributed by atoms with E-state index in [-0.39, 0.29) is 17.5 Å². The van der Waals surface area contributed by atoms with Gasteiger partial charge in [-0.3, -0.25) is 4.68 Å². The number of nitrogens with one attached hydrogen (secondary N) is 1. The lowest BCUT2D eigenvalue weighted by molar-refractivity contribution is 0.444. The van der Waals surface area contributed by atoms with Crippen LogP contribution in [0.4, 0.5) is 0 Å². The summed E-state index contributed by atoms with van der Waals surface area (Å²) in [6.45, 7) is 7.79. The molecule has 1 atom stereocenters. The molecule has 2 rings (SSSR count). The van der Waals surface area contributed by atoms with Crippen molar-refractivity contribution in [2.75, 3.05) is 6.54 Å². The van der Waals surface area contributed by atoms with Gasteiger partial charge in [0.15, 0.2) is 0 Å². The van der Waals surface area contributed by atoms with Crippen LogP contribution in [-0.4, -0.2) is 26.5 Å². The van der Waals surface area contributed by atoms with Gasteiger partial charge >= 0.3 is 0 Å². The number of phenolic OH excluding ortho intramolecular Hbond substituents is 2. The monoisotopic (exact) mass is 289 g/mol. The van der Waals surface area contributed by atoms with E-state index in [1.165, 1.54) is 11.8 Å². The van der Waals surface area contributed by atoms with E-state index in [1.54, 1.807) is 12.1 Å². The molecule has 3 N–H and O–H groups in total. The van der Waals surface area contributed by atoms with Gasteiger partial charge in [0, 0.05) is 24.3 Å². The van der Waals surface area contributed by atoms with Crippen LogP contribution in [0, 0.1) is 13.8 Å². The second kappa shape index (κ2) is 6.63. The lowest BCUT2D eigenvalue weighted by Gasteiger charge is -2.15. The average Bonchev–Trinajstić information content (AvgIpc) is 2.71. The van der Waals surface area contributed by atoms with E-state index in [9.17, 15) is 10.2 Å². The van der Waals surface area contributed by atoms with Gasteiger partial charge in [-0.25, -0.2) is 0 Å². The largest absolute Gasteiger partial charge is 0.508 e. The normalized spacial score (nSPS) is 12.5. The summed E-state index contributed by atoms with van der Waals surface area (Å²) in [4.78, 5) is 0. The molecule has 0 aliphatic rings. The fraction of sp³-hybridized carbons (Fsp3) is 0.438. The first kappa shape index (κ1) is 15.4.